The Kier molecular flexibility index (Phi) is 5.53. The molecule has 1 atom stereocenters. The largest absolute Gasteiger partial charge is 0.474 e. The van der Waals surface area contributed by atoms with Gasteiger partial charge in [0.25, 0.3) is 0 Å². The summed E-state index contributed by atoms with van der Waals surface area (Å²) in [5, 5.41) is 1.22. The standard InChI is InChI=1S/C22H31N3O2S/c1-2-15-3-8-19-18(13-15)20-21(23-14-24-22(20)28-19)27-17-6-4-16(5-7-17)25-9-11-26-12-10-25/h14-17H,2-13H2,1H3/t15-,16-,17-/m1/s1. The predicted molar refractivity (Wildman–Crippen MR) is 112 cm³/mol. The van der Waals surface area contributed by atoms with E-state index in [2.05, 4.69) is 21.8 Å². The summed E-state index contributed by atoms with van der Waals surface area (Å²) in [7, 11) is 0. The van der Waals surface area contributed by atoms with Gasteiger partial charge in [0.1, 0.15) is 17.3 Å². The number of morpholine rings is 1. The fourth-order valence-corrected chi connectivity index (χ4v) is 6.39. The van der Waals surface area contributed by atoms with Crippen LogP contribution in [0.1, 0.15) is 55.9 Å². The normalized spacial score (nSPS) is 29.0. The van der Waals surface area contributed by atoms with Gasteiger partial charge in [-0.3, -0.25) is 4.90 Å². The Bertz CT molecular complexity index is 809. The molecule has 5 nitrogen and oxygen atoms in total. The lowest BCUT2D eigenvalue weighted by molar-refractivity contribution is -0.00126. The van der Waals surface area contributed by atoms with Crippen LogP contribution < -0.4 is 4.74 Å². The average Bonchev–Trinajstić information content (AvgIpc) is 3.13. The lowest BCUT2D eigenvalue weighted by Gasteiger charge is -2.38. The molecule has 0 N–H and O–H groups in total. The van der Waals surface area contributed by atoms with Crippen LogP contribution in [-0.2, 0) is 17.6 Å². The maximum atomic E-state index is 6.51. The lowest BCUT2D eigenvalue weighted by Crippen LogP contribution is -2.46. The summed E-state index contributed by atoms with van der Waals surface area (Å²) in [6.45, 7) is 6.25. The SMILES string of the molecule is CC[C@@H]1CCc2sc3ncnc(O[C@H]4CC[C@H](N5CCOCC5)CC4)c3c2C1. The molecule has 5 rings (SSSR count). The fourth-order valence-electron chi connectivity index (χ4n) is 5.22. The third-order valence-electron chi connectivity index (χ3n) is 6.97. The zero-order valence-electron chi connectivity index (χ0n) is 16.9. The van der Waals surface area contributed by atoms with E-state index in [1.54, 1.807) is 6.33 Å². The molecule has 0 bridgehead atoms. The molecule has 6 heteroatoms. The van der Waals surface area contributed by atoms with Crippen molar-refractivity contribution in [2.75, 3.05) is 26.3 Å². The van der Waals surface area contributed by atoms with Crippen molar-refractivity contribution in [2.45, 2.75) is 70.4 Å². The van der Waals surface area contributed by atoms with Crippen LogP contribution in [-0.4, -0.2) is 53.3 Å². The number of ether oxygens (including phenoxy) is 2. The number of thiophene rings is 1. The van der Waals surface area contributed by atoms with Gasteiger partial charge in [-0.15, -0.1) is 11.3 Å². The summed E-state index contributed by atoms with van der Waals surface area (Å²) in [6.07, 6.45) is 11.6. The van der Waals surface area contributed by atoms with Crippen molar-refractivity contribution in [1.82, 2.24) is 14.9 Å². The summed E-state index contributed by atoms with van der Waals surface area (Å²) in [5.41, 5.74) is 1.48. The van der Waals surface area contributed by atoms with E-state index in [0.29, 0.717) is 6.04 Å². The minimum Gasteiger partial charge on any atom is -0.474 e. The second-order valence-corrected chi connectivity index (χ2v) is 9.66. The highest BCUT2D eigenvalue weighted by Gasteiger charge is 2.30. The van der Waals surface area contributed by atoms with E-state index < -0.39 is 0 Å². The van der Waals surface area contributed by atoms with Gasteiger partial charge in [-0.1, -0.05) is 13.3 Å². The van der Waals surface area contributed by atoms with Crippen LogP contribution >= 0.6 is 11.3 Å². The molecule has 0 spiro atoms. The van der Waals surface area contributed by atoms with E-state index in [1.165, 1.54) is 54.4 Å². The van der Waals surface area contributed by atoms with Gasteiger partial charge < -0.3 is 9.47 Å². The number of aryl methyl sites for hydroxylation is 1. The second kappa shape index (κ2) is 8.25. The van der Waals surface area contributed by atoms with Gasteiger partial charge in [-0.25, -0.2) is 9.97 Å². The highest BCUT2D eigenvalue weighted by molar-refractivity contribution is 7.18. The van der Waals surface area contributed by atoms with Gasteiger partial charge in [0.05, 0.1) is 18.6 Å². The fraction of sp³-hybridized carbons (Fsp3) is 0.727. The molecule has 2 aliphatic carbocycles. The molecule has 152 valence electrons. The van der Waals surface area contributed by atoms with Gasteiger partial charge in [0.2, 0.25) is 5.88 Å². The van der Waals surface area contributed by atoms with Crippen molar-refractivity contribution in [3.63, 3.8) is 0 Å². The topological polar surface area (TPSA) is 47.5 Å². The Labute approximate surface area is 171 Å². The molecule has 2 aromatic heterocycles. The number of rotatable bonds is 4. The van der Waals surface area contributed by atoms with Crippen molar-refractivity contribution in [3.05, 3.63) is 16.8 Å². The van der Waals surface area contributed by atoms with Crippen LogP contribution in [0.15, 0.2) is 6.33 Å². The first-order valence-corrected chi connectivity index (χ1v) is 11.9. The average molecular weight is 402 g/mol. The van der Waals surface area contributed by atoms with Gasteiger partial charge in [-0.2, -0.15) is 0 Å². The van der Waals surface area contributed by atoms with E-state index in [9.17, 15) is 0 Å². The van der Waals surface area contributed by atoms with Crippen LogP contribution in [0, 0.1) is 5.92 Å². The molecule has 1 aliphatic heterocycles. The van der Waals surface area contributed by atoms with Gasteiger partial charge in [0.15, 0.2) is 0 Å². The van der Waals surface area contributed by atoms with E-state index >= 15 is 0 Å². The summed E-state index contributed by atoms with van der Waals surface area (Å²) in [5.74, 6) is 1.64. The second-order valence-electron chi connectivity index (χ2n) is 8.58. The third kappa shape index (κ3) is 3.66. The van der Waals surface area contributed by atoms with Crippen molar-refractivity contribution >= 4 is 21.6 Å². The maximum absolute atomic E-state index is 6.51. The van der Waals surface area contributed by atoms with E-state index in [0.717, 1.165) is 55.8 Å². The molecule has 28 heavy (non-hydrogen) atoms. The van der Waals surface area contributed by atoms with Gasteiger partial charge >= 0.3 is 0 Å². The van der Waals surface area contributed by atoms with Crippen molar-refractivity contribution < 1.29 is 9.47 Å². The summed E-state index contributed by atoms with van der Waals surface area (Å²) >= 11 is 1.86. The minimum atomic E-state index is 0.288. The molecule has 2 fully saturated rings. The molecule has 3 heterocycles. The zero-order chi connectivity index (χ0) is 18.9. The number of hydrogen-bond acceptors (Lipinski definition) is 6. The Morgan fingerprint density at radius 3 is 2.75 bits per heavy atom. The Morgan fingerprint density at radius 1 is 1.14 bits per heavy atom. The first-order chi connectivity index (χ1) is 13.8. The smallest absolute Gasteiger partial charge is 0.225 e. The zero-order valence-corrected chi connectivity index (χ0v) is 17.7. The van der Waals surface area contributed by atoms with Crippen molar-refractivity contribution in [3.8, 4) is 5.88 Å². The van der Waals surface area contributed by atoms with Gasteiger partial charge in [-0.05, 0) is 56.4 Å². The van der Waals surface area contributed by atoms with Crippen LogP contribution in [0.4, 0.5) is 0 Å². The van der Waals surface area contributed by atoms with Crippen LogP contribution in [0.2, 0.25) is 0 Å². The third-order valence-corrected chi connectivity index (χ3v) is 8.17. The van der Waals surface area contributed by atoms with E-state index in [-0.39, 0.29) is 6.10 Å². The molecular formula is C22H31N3O2S. The molecule has 0 aromatic carbocycles. The van der Waals surface area contributed by atoms with Crippen LogP contribution in [0.3, 0.4) is 0 Å². The summed E-state index contributed by atoms with van der Waals surface area (Å²) < 4.78 is 12.0. The molecule has 1 saturated heterocycles. The molecule has 3 aliphatic rings. The molecule has 0 amide bonds. The Balaban J connectivity index is 1.30. The van der Waals surface area contributed by atoms with Crippen LogP contribution in [0.5, 0.6) is 5.88 Å². The summed E-state index contributed by atoms with van der Waals surface area (Å²) in [4.78, 5) is 14.4. The Morgan fingerprint density at radius 2 is 1.96 bits per heavy atom. The summed E-state index contributed by atoms with van der Waals surface area (Å²) in [6, 6.07) is 0.702. The van der Waals surface area contributed by atoms with Crippen molar-refractivity contribution in [1.29, 1.82) is 0 Å². The molecule has 1 saturated carbocycles. The monoisotopic (exact) mass is 401 g/mol. The van der Waals surface area contributed by atoms with Gasteiger partial charge in [0, 0.05) is 24.0 Å². The predicted octanol–water partition coefficient (Wildman–Crippen LogP) is 4.23. The highest BCUT2D eigenvalue weighted by atomic mass is 32.1. The first kappa shape index (κ1) is 18.8. The molecular weight excluding hydrogens is 370 g/mol. The number of hydrogen-bond donors (Lipinski definition) is 0. The first-order valence-electron chi connectivity index (χ1n) is 11.1. The van der Waals surface area contributed by atoms with Crippen molar-refractivity contribution in [2.24, 2.45) is 5.92 Å². The molecule has 0 radical (unpaired) electrons. The number of fused-ring (bicyclic) bond motifs is 3. The maximum Gasteiger partial charge on any atom is 0.225 e. The number of nitrogens with zero attached hydrogens (tertiary/aromatic N) is 3. The minimum absolute atomic E-state index is 0.288. The molecule has 0 unspecified atom stereocenters. The lowest BCUT2D eigenvalue weighted by atomic mass is 9.86. The Hall–Kier alpha value is -1.24. The van der Waals surface area contributed by atoms with E-state index in [4.69, 9.17) is 9.47 Å². The van der Waals surface area contributed by atoms with E-state index in [1.807, 2.05) is 11.3 Å². The van der Waals surface area contributed by atoms with Crippen LogP contribution in [0.25, 0.3) is 10.2 Å². The highest BCUT2D eigenvalue weighted by Crippen LogP contribution is 2.41. The quantitative estimate of drug-likeness (QED) is 0.767. The number of aromatic nitrogens is 2. The molecule has 2 aromatic rings.